The summed E-state index contributed by atoms with van der Waals surface area (Å²) >= 11 is 0. The number of hydrogen-bond acceptors (Lipinski definition) is 12. The molecule has 9 atom stereocenters. The summed E-state index contributed by atoms with van der Waals surface area (Å²) < 4.78 is 0. The monoisotopic (exact) mass is 993 g/mol. The average molecular weight is 993 g/mol. The lowest BCUT2D eigenvalue weighted by Gasteiger charge is -2.29. The molecule has 0 bridgehead atoms. The molecule has 1 aromatic heterocycles. The van der Waals surface area contributed by atoms with Gasteiger partial charge in [-0.25, -0.2) is 4.79 Å². The van der Waals surface area contributed by atoms with Crippen LogP contribution in [0.3, 0.4) is 0 Å². The number of rotatable bonds is 29. The number of nitrogens with one attached hydrogen (secondary N) is 8. The quantitative estimate of drug-likeness (QED) is 0.0404. The molecule has 0 saturated heterocycles. The summed E-state index contributed by atoms with van der Waals surface area (Å²) in [5.41, 5.74) is 12.9. The van der Waals surface area contributed by atoms with Gasteiger partial charge in [-0.05, 0) is 61.1 Å². The number of nitrogens with two attached hydrogens (primary N) is 2. The van der Waals surface area contributed by atoms with Crippen molar-refractivity contribution < 1.29 is 58.5 Å². The summed E-state index contributed by atoms with van der Waals surface area (Å²) in [5.74, 6) is -9.10. The van der Waals surface area contributed by atoms with E-state index in [1.807, 2.05) is 13.8 Å². The van der Waals surface area contributed by atoms with Gasteiger partial charge in [-0.3, -0.25) is 38.4 Å². The van der Waals surface area contributed by atoms with E-state index in [4.69, 9.17) is 11.5 Å². The number of aliphatic carboxylic acids is 1. The summed E-state index contributed by atoms with van der Waals surface area (Å²) in [5, 5.41) is 48.6. The number of para-hydroxylation sites is 1. The smallest absolute Gasteiger partial charge is 0.326 e. The molecule has 0 aliphatic carbocycles. The number of carbonyl (C=O) groups is 9. The Hall–Kier alpha value is -6.91. The molecule has 15 N–H and O–H groups in total. The number of H-pyrrole nitrogens is 1. The third-order valence-electron chi connectivity index (χ3n) is 11.3. The Morgan fingerprint density at radius 2 is 0.986 bits per heavy atom. The molecule has 0 spiro atoms. The lowest BCUT2D eigenvalue weighted by Crippen LogP contribution is -2.62. The molecule has 3 rings (SSSR count). The molecule has 2 aromatic carbocycles. The van der Waals surface area contributed by atoms with Crippen LogP contribution >= 0.6 is 0 Å². The van der Waals surface area contributed by atoms with Crippen LogP contribution in [0.2, 0.25) is 0 Å². The highest BCUT2D eigenvalue weighted by Gasteiger charge is 2.37. The molecule has 390 valence electrons. The second kappa shape index (κ2) is 28.1. The van der Waals surface area contributed by atoms with Crippen molar-refractivity contribution in [3.63, 3.8) is 0 Å². The van der Waals surface area contributed by atoms with Gasteiger partial charge in [-0.1, -0.05) is 90.1 Å². The van der Waals surface area contributed by atoms with Crippen molar-refractivity contribution in [2.45, 2.75) is 141 Å². The van der Waals surface area contributed by atoms with Gasteiger partial charge in [-0.2, -0.15) is 0 Å². The fraction of sp³-hybridized carbons (Fsp3) is 0.531. The Morgan fingerprint density at radius 1 is 0.549 bits per heavy atom. The summed E-state index contributed by atoms with van der Waals surface area (Å²) in [7, 11) is 0. The number of primary amides is 1. The van der Waals surface area contributed by atoms with Crippen molar-refractivity contribution >= 4 is 64.1 Å². The molecule has 8 amide bonds. The van der Waals surface area contributed by atoms with Crippen molar-refractivity contribution in [1.29, 1.82) is 0 Å². The molecule has 0 fully saturated rings. The van der Waals surface area contributed by atoms with E-state index >= 15 is 0 Å². The Balaban J connectivity index is 1.99. The van der Waals surface area contributed by atoms with Crippen molar-refractivity contribution in [3.05, 3.63) is 71.9 Å². The van der Waals surface area contributed by atoms with E-state index in [-0.39, 0.29) is 49.9 Å². The molecular weight excluding hydrogens is 921 g/mol. The van der Waals surface area contributed by atoms with Crippen LogP contribution in [0.5, 0.6) is 0 Å². The van der Waals surface area contributed by atoms with Crippen LogP contribution in [0.1, 0.15) is 85.3 Å². The molecule has 22 heteroatoms. The van der Waals surface area contributed by atoms with Crippen molar-refractivity contribution in [2.24, 2.45) is 29.2 Å². The maximum Gasteiger partial charge on any atom is 0.326 e. The molecule has 22 nitrogen and oxygen atoms in total. The molecule has 71 heavy (non-hydrogen) atoms. The number of fused-ring (bicyclic) bond motifs is 1. The normalized spacial score (nSPS) is 15.2. The minimum absolute atomic E-state index is 0.0310. The first kappa shape index (κ1) is 58.4. The number of aliphatic hydroxyl groups excluding tert-OH is 2. The number of carboxylic acid groups (broad SMARTS) is 1. The highest BCUT2D eigenvalue weighted by Crippen LogP contribution is 2.20. The van der Waals surface area contributed by atoms with Gasteiger partial charge in [0.1, 0.15) is 48.3 Å². The Labute approximate surface area is 413 Å². The molecule has 3 aromatic rings. The highest BCUT2D eigenvalue weighted by atomic mass is 16.4. The van der Waals surface area contributed by atoms with E-state index in [0.29, 0.717) is 22.0 Å². The van der Waals surface area contributed by atoms with Gasteiger partial charge < -0.3 is 69.0 Å². The van der Waals surface area contributed by atoms with Crippen LogP contribution in [0.15, 0.2) is 60.8 Å². The van der Waals surface area contributed by atoms with E-state index in [9.17, 15) is 58.5 Å². The standard InChI is InChI=1S/C49H72N10O12/c1-25(2)17-34(53-42(63)32(50)24-60)43(64)54-35(18-26(3)4)47(68)59-41(28(7)61)48(69)57-36(20-29-13-9-8-10-14-29)44(65)55-37(21-30-23-52-33-16-12-11-15-31(30)33)45(66)56-38(22-40(51)62)46(67)58-39(49(70)71)19-27(5)6/h8-16,23,25-28,32,34-39,41,52,60-61H,17-22,24,50H2,1-7H3,(H2,51,62)(H,53,63)(H,54,64)(H,55,65)(H,56,66)(H,57,69)(H,58,67)(H,59,68)(H,70,71)/t28-,32+,34+,35+,36+,37+,38+,39+,41+/m1/s1. The van der Waals surface area contributed by atoms with Gasteiger partial charge in [0.25, 0.3) is 0 Å². The number of amides is 8. The molecule has 1 heterocycles. The topological polar surface area (TPSA) is 366 Å². The third-order valence-corrected chi connectivity index (χ3v) is 11.3. The molecule has 0 aliphatic heterocycles. The fourth-order valence-corrected chi connectivity index (χ4v) is 7.67. The zero-order chi connectivity index (χ0) is 53.1. The molecule has 0 saturated carbocycles. The number of carboxylic acids is 1. The van der Waals surface area contributed by atoms with Crippen molar-refractivity contribution in [1.82, 2.24) is 42.2 Å². The Morgan fingerprint density at radius 3 is 1.52 bits per heavy atom. The predicted octanol–water partition coefficient (Wildman–Crippen LogP) is -0.855. The number of aromatic amines is 1. The van der Waals surface area contributed by atoms with E-state index in [1.54, 1.807) is 88.5 Å². The van der Waals surface area contributed by atoms with Crippen molar-refractivity contribution in [3.8, 4) is 0 Å². The second-order valence-corrected chi connectivity index (χ2v) is 19.0. The van der Waals surface area contributed by atoms with Crippen LogP contribution in [0.4, 0.5) is 0 Å². The first-order chi connectivity index (χ1) is 33.4. The largest absolute Gasteiger partial charge is 0.480 e. The minimum atomic E-state index is -1.71. The maximum absolute atomic E-state index is 14.6. The number of carbonyl (C=O) groups excluding carboxylic acids is 8. The Bertz CT molecular complexity index is 2300. The molecule has 0 radical (unpaired) electrons. The number of aromatic nitrogens is 1. The van der Waals surface area contributed by atoms with Gasteiger partial charge in [0, 0.05) is 29.9 Å². The second-order valence-electron chi connectivity index (χ2n) is 19.0. The van der Waals surface area contributed by atoms with Crippen LogP contribution < -0.4 is 48.7 Å². The molecular formula is C49H72N10O12. The lowest BCUT2D eigenvalue weighted by molar-refractivity contribution is -0.143. The maximum atomic E-state index is 14.6. The first-order valence-electron chi connectivity index (χ1n) is 23.7. The number of hydrogen-bond donors (Lipinski definition) is 13. The first-order valence-corrected chi connectivity index (χ1v) is 23.7. The Kier molecular flexibility index (Phi) is 23.1. The average Bonchev–Trinajstić information content (AvgIpc) is 3.70. The van der Waals surface area contributed by atoms with E-state index in [1.165, 1.54) is 6.92 Å². The number of aliphatic hydroxyl groups is 2. The lowest BCUT2D eigenvalue weighted by atomic mass is 9.99. The van der Waals surface area contributed by atoms with Crippen molar-refractivity contribution in [2.75, 3.05) is 6.61 Å². The SMILES string of the molecule is CC(C)C[C@H](NC(=O)[C@H](CC(N)=O)NC(=O)[C@H](Cc1c[nH]c2ccccc12)NC(=O)[C@H](Cc1ccccc1)NC(=O)[C@@H](NC(=O)[C@H](CC(C)C)NC(=O)[C@H](CC(C)C)NC(=O)[C@@H](N)CO)[C@@H](C)O)C(=O)O. The summed E-state index contributed by atoms with van der Waals surface area (Å²) in [6.45, 7) is 11.2. The fourth-order valence-electron chi connectivity index (χ4n) is 7.67. The predicted molar refractivity (Wildman–Crippen MR) is 262 cm³/mol. The van der Waals surface area contributed by atoms with E-state index in [0.717, 1.165) is 0 Å². The van der Waals surface area contributed by atoms with E-state index < -0.39 is 121 Å². The molecule has 0 aliphatic rings. The summed E-state index contributed by atoms with van der Waals surface area (Å²) in [6.07, 6.45) is -0.813. The van der Waals surface area contributed by atoms with Crippen LogP contribution in [0, 0.1) is 17.8 Å². The minimum Gasteiger partial charge on any atom is -0.480 e. The zero-order valence-electron chi connectivity index (χ0n) is 41.3. The summed E-state index contributed by atoms with van der Waals surface area (Å²) in [4.78, 5) is 124. The van der Waals surface area contributed by atoms with Gasteiger partial charge in [0.15, 0.2) is 0 Å². The number of benzene rings is 2. The zero-order valence-corrected chi connectivity index (χ0v) is 41.3. The van der Waals surface area contributed by atoms with Crippen LogP contribution in [-0.2, 0) is 56.0 Å². The summed E-state index contributed by atoms with van der Waals surface area (Å²) in [6, 6.07) is 4.11. The van der Waals surface area contributed by atoms with Gasteiger partial charge in [0.2, 0.25) is 47.3 Å². The van der Waals surface area contributed by atoms with Crippen LogP contribution in [-0.4, -0.2) is 135 Å². The third kappa shape index (κ3) is 19.1. The van der Waals surface area contributed by atoms with E-state index in [2.05, 4.69) is 42.2 Å². The highest BCUT2D eigenvalue weighted by molar-refractivity contribution is 5.99. The van der Waals surface area contributed by atoms with Gasteiger partial charge in [-0.15, -0.1) is 0 Å². The van der Waals surface area contributed by atoms with Gasteiger partial charge in [0.05, 0.1) is 19.1 Å². The van der Waals surface area contributed by atoms with Crippen LogP contribution in [0.25, 0.3) is 10.9 Å². The molecule has 0 unspecified atom stereocenters. The van der Waals surface area contributed by atoms with Gasteiger partial charge >= 0.3 is 5.97 Å².